The molecule has 1 fully saturated rings. The molecule has 0 amide bonds. The minimum absolute atomic E-state index is 0.278. The third-order valence-electron chi connectivity index (χ3n) is 3.95. The van der Waals surface area contributed by atoms with Crippen molar-refractivity contribution in [2.75, 3.05) is 26.3 Å². The molecular formula is C17H28N2O2. The van der Waals surface area contributed by atoms with Crippen LogP contribution in [-0.2, 0) is 6.54 Å². The Bertz CT molecular complexity index is 440. The fourth-order valence-electron chi connectivity index (χ4n) is 2.79. The highest BCUT2D eigenvalue weighted by Gasteiger charge is 2.27. The Hall–Kier alpha value is -1.26. The van der Waals surface area contributed by atoms with Crippen molar-refractivity contribution < 1.29 is 9.47 Å². The average molecular weight is 292 g/mol. The Balaban J connectivity index is 2.15. The van der Waals surface area contributed by atoms with Gasteiger partial charge in [-0.1, -0.05) is 26.0 Å². The van der Waals surface area contributed by atoms with Crippen molar-refractivity contribution in [2.24, 2.45) is 11.7 Å². The zero-order valence-corrected chi connectivity index (χ0v) is 13.5. The van der Waals surface area contributed by atoms with Crippen LogP contribution in [0.3, 0.4) is 0 Å². The first-order valence-corrected chi connectivity index (χ1v) is 8.01. The molecule has 0 spiro atoms. The molecule has 0 aromatic heterocycles. The maximum Gasteiger partial charge on any atom is 0.165 e. The van der Waals surface area contributed by atoms with Crippen molar-refractivity contribution in [1.82, 2.24) is 4.90 Å². The molecule has 0 bridgehead atoms. The SMILES string of the molecule is CCCOc1c(CN2CC(C)C(N)C2)cccc1OCC. The molecule has 4 nitrogen and oxygen atoms in total. The lowest BCUT2D eigenvalue weighted by atomic mass is 10.1. The van der Waals surface area contributed by atoms with Crippen LogP contribution in [0, 0.1) is 5.92 Å². The number of hydrogen-bond donors (Lipinski definition) is 1. The van der Waals surface area contributed by atoms with E-state index in [2.05, 4.69) is 24.8 Å². The average Bonchev–Trinajstić information content (AvgIpc) is 2.77. The minimum Gasteiger partial charge on any atom is -0.490 e. The predicted octanol–water partition coefficient (Wildman–Crippen LogP) is 2.65. The molecule has 1 aliphatic heterocycles. The maximum atomic E-state index is 6.12. The van der Waals surface area contributed by atoms with Crippen LogP contribution in [0.4, 0.5) is 0 Å². The molecule has 2 atom stereocenters. The number of benzene rings is 1. The van der Waals surface area contributed by atoms with E-state index in [1.807, 2.05) is 19.1 Å². The van der Waals surface area contributed by atoms with E-state index in [1.165, 1.54) is 5.56 Å². The molecule has 1 saturated heterocycles. The summed E-state index contributed by atoms with van der Waals surface area (Å²) < 4.78 is 11.7. The van der Waals surface area contributed by atoms with Crippen LogP contribution in [0.5, 0.6) is 11.5 Å². The van der Waals surface area contributed by atoms with Crippen LogP contribution in [0.25, 0.3) is 0 Å². The minimum atomic E-state index is 0.278. The molecule has 0 radical (unpaired) electrons. The molecule has 0 aliphatic carbocycles. The topological polar surface area (TPSA) is 47.7 Å². The zero-order valence-electron chi connectivity index (χ0n) is 13.5. The highest BCUT2D eigenvalue weighted by Crippen LogP contribution is 2.33. The predicted molar refractivity (Wildman–Crippen MR) is 85.8 cm³/mol. The lowest BCUT2D eigenvalue weighted by molar-refractivity contribution is 0.263. The molecule has 1 aliphatic rings. The van der Waals surface area contributed by atoms with Crippen molar-refractivity contribution in [3.05, 3.63) is 23.8 Å². The van der Waals surface area contributed by atoms with Crippen LogP contribution >= 0.6 is 0 Å². The van der Waals surface area contributed by atoms with Gasteiger partial charge in [0.25, 0.3) is 0 Å². The van der Waals surface area contributed by atoms with Crippen molar-refractivity contribution in [2.45, 2.75) is 39.8 Å². The molecule has 21 heavy (non-hydrogen) atoms. The number of ether oxygens (including phenoxy) is 2. The summed E-state index contributed by atoms with van der Waals surface area (Å²) in [5.41, 5.74) is 7.31. The zero-order chi connectivity index (χ0) is 15.2. The second kappa shape index (κ2) is 7.66. The molecule has 2 N–H and O–H groups in total. The summed E-state index contributed by atoms with van der Waals surface area (Å²) in [5, 5.41) is 0. The fraction of sp³-hybridized carbons (Fsp3) is 0.647. The summed E-state index contributed by atoms with van der Waals surface area (Å²) >= 11 is 0. The summed E-state index contributed by atoms with van der Waals surface area (Å²) in [7, 11) is 0. The summed E-state index contributed by atoms with van der Waals surface area (Å²) in [5.74, 6) is 2.30. The maximum absolute atomic E-state index is 6.12. The molecule has 0 saturated carbocycles. The van der Waals surface area contributed by atoms with Gasteiger partial charge in [-0.25, -0.2) is 0 Å². The van der Waals surface area contributed by atoms with Gasteiger partial charge >= 0.3 is 0 Å². The van der Waals surface area contributed by atoms with Crippen LogP contribution in [0.2, 0.25) is 0 Å². The quantitative estimate of drug-likeness (QED) is 0.839. The number of rotatable bonds is 7. The van der Waals surface area contributed by atoms with Crippen LogP contribution < -0.4 is 15.2 Å². The Kier molecular flexibility index (Phi) is 5.88. The third-order valence-corrected chi connectivity index (χ3v) is 3.95. The van der Waals surface area contributed by atoms with Gasteiger partial charge in [0, 0.05) is 31.2 Å². The van der Waals surface area contributed by atoms with Gasteiger partial charge < -0.3 is 15.2 Å². The Labute approximate surface area is 128 Å². The highest BCUT2D eigenvalue weighted by molar-refractivity contribution is 5.46. The first kappa shape index (κ1) is 16.1. The van der Waals surface area contributed by atoms with Gasteiger partial charge in [0.15, 0.2) is 11.5 Å². The molecule has 2 unspecified atom stereocenters. The molecule has 1 aromatic rings. The molecular weight excluding hydrogens is 264 g/mol. The number of nitrogens with two attached hydrogens (primary N) is 1. The van der Waals surface area contributed by atoms with Gasteiger partial charge in [-0.3, -0.25) is 4.90 Å². The smallest absolute Gasteiger partial charge is 0.165 e. The number of nitrogens with zero attached hydrogens (tertiary/aromatic N) is 1. The molecule has 4 heteroatoms. The van der Waals surface area contributed by atoms with Crippen LogP contribution in [0.1, 0.15) is 32.8 Å². The van der Waals surface area contributed by atoms with E-state index >= 15 is 0 Å². The van der Waals surface area contributed by atoms with Gasteiger partial charge in [0.05, 0.1) is 13.2 Å². The van der Waals surface area contributed by atoms with E-state index in [4.69, 9.17) is 15.2 Å². The van der Waals surface area contributed by atoms with Crippen molar-refractivity contribution in [3.8, 4) is 11.5 Å². The lowest BCUT2D eigenvalue weighted by Crippen LogP contribution is -2.28. The van der Waals surface area contributed by atoms with Crippen molar-refractivity contribution in [3.63, 3.8) is 0 Å². The second-order valence-corrected chi connectivity index (χ2v) is 5.86. The monoisotopic (exact) mass is 292 g/mol. The third kappa shape index (κ3) is 4.11. The van der Waals surface area contributed by atoms with Gasteiger partial charge in [-0.15, -0.1) is 0 Å². The Morgan fingerprint density at radius 2 is 2.05 bits per heavy atom. The highest BCUT2D eigenvalue weighted by atomic mass is 16.5. The first-order chi connectivity index (χ1) is 10.2. The van der Waals surface area contributed by atoms with Gasteiger partial charge in [-0.2, -0.15) is 0 Å². The second-order valence-electron chi connectivity index (χ2n) is 5.86. The van der Waals surface area contributed by atoms with Crippen LogP contribution in [-0.4, -0.2) is 37.2 Å². The van der Waals surface area contributed by atoms with Gasteiger partial charge in [0.2, 0.25) is 0 Å². The van der Waals surface area contributed by atoms with E-state index in [9.17, 15) is 0 Å². The van der Waals surface area contributed by atoms with Crippen molar-refractivity contribution >= 4 is 0 Å². The molecule has 118 valence electrons. The molecule has 1 heterocycles. The van der Waals surface area contributed by atoms with E-state index in [0.717, 1.165) is 37.6 Å². The standard InChI is InChI=1S/C17H28N2O2/c1-4-9-21-17-14(7-6-8-16(17)20-5-2)11-19-10-13(3)15(18)12-19/h6-8,13,15H,4-5,9-12,18H2,1-3H3. The summed E-state index contributed by atoms with van der Waals surface area (Å²) in [6.07, 6.45) is 0.992. The molecule has 2 rings (SSSR count). The Morgan fingerprint density at radius 1 is 1.24 bits per heavy atom. The largest absolute Gasteiger partial charge is 0.490 e. The number of likely N-dealkylation sites (tertiary alicyclic amines) is 1. The van der Waals surface area contributed by atoms with E-state index in [1.54, 1.807) is 0 Å². The van der Waals surface area contributed by atoms with Crippen LogP contribution in [0.15, 0.2) is 18.2 Å². The molecule has 1 aromatic carbocycles. The summed E-state index contributed by atoms with van der Waals surface area (Å²) in [6, 6.07) is 6.43. The normalized spacial score (nSPS) is 22.5. The fourth-order valence-corrected chi connectivity index (χ4v) is 2.79. The first-order valence-electron chi connectivity index (χ1n) is 8.01. The number of hydrogen-bond acceptors (Lipinski definition) is 4. The van der Waals surface area contributed by atoms with Gasteiger partial charge in [0.1, 0.15) is 0 Å². The summed E-state index contributed by atoms with van der Waals surface area (Å²) in [6.45, 7) is 10.6. The Morgan fingerprint density at radius 3 is 2.67 bits per heavy atom. The van der Waals surface area contributed by atoms with Crippen molar-refractivity contribution in [1.29, 1.82) is 0 Å². The van der Waals surface area contributed by atoms with E-state index < -0.39 is 0 Å². The van der Waals surface area contributed by atoms with Gasteiger partial charge in [-0.05, 0) is 25.3 Å². The summed E-state index contributed by atoms with van der Waals surface area (Å²) in [4.78, 5) is 2.40. The van der Waals surface area contributed by atoms with E-state index in [-0.39, 0.29) is 6.04 Å². The van der Waals surface area contributed by atoms with E-state index in [0.29, 0.717) is 19.1 Å². The number of para-hydroxylation sites is 1. The lowest BCUT2D eigenvalue weighted by Gasteiger charge is -2.20.